The molecule has 0 aromatic carbocycles. The Hall–Kier alpha value is -0.680. The summed E-state index contributed by atoms with van der Waals surface area (Å²) in [5.74, 6) is 0. The maximum Gasteiger partial charge on any atom is 0.396 e. The third-order valence-electron chi connectivity index (χ3n) is 1.33. The molecule has 0 rings (SSSR count). The van der Waals surface area contributed by atoms with Crippen LogP contribution in [0.1, 0.15) is 19.8 Å². The van der Waals surface area contributed by atoms with Crippen molar-refractivity contribution in [2.75, 3.05) is 0 Å². The van der Waals surface area contributed by atoms with Gasteiger partial charge in [0.25, 0.3) is 0 Å². The lowest BCUT2D eigenvalue weighted by Gasteiger charge is -2.09. The second kappa shape index (κ2) is 4.23. The topological polar surface area (TPSA) is 71.4 Å². The number of alkyl halides is 3. The molecular formula is C6H8F3O4P. The Kier molecular flexibility index (Phi) is 4.02. The van der Waals surface area contributed by atoms with Crippen LogP contribution in [0.25, 0.3) is 0 Å². The molecule has 0 aliphatic rings. The monoisotopic (exact) mass is 232 g/mol. The van der Waals surface area contributed by atoms with E-state index in [-0.39, 0.29) is 0 Å². The fraction of sp³-hybridized carbons (Fsp3) is 0.667. The summed E-state index contributed by atoms with van der Waals surface area (Å²) >= 11 is 0. The number of carbonyl (C=O) groups excluding carboxylic acids is 2. The fourth-order valence-electron chi connectivity index (χ4n) is 0.632. The predicted molar refractivity (Wildman–Crippen MR) is 40.8 cm³/mol. The van der Waals surface area contributed by atoms with Gasteiger partial charge in [-0.2, -0.15) is 13.2 Å². The minimum atomic E-state index is -4.97. The minimum Gasteiger partial charge on any atom is -0.334 e. The second-order valence-electron chi connectivity index (χ2n) is 2.51. The largest absolute Gasteiger partial charge is 0.396 e. The lowest BCUT2D eigenvalue weighted by atomic mass is 10.5. The first kappa shape index (κ1) is 13.3. The second-order valence-corrected chi connectivity index (χ2v) is 4.66. The molecule has 0 amide bonds. The van der Waals surface area contributed by atoms with Crippen LogP contribution < -0.4 is 0 Å². The molecule has 4 nitrogen and oxygen atoms in total. The van der Waals surface area contributed by atoms with Crippen LogP contribution in [0.5, 0.6) is 0 Å². The molecule has 1 atom stereocenters. The zero-order chi connectivity index (χ0) is 11.6. The molecule has 0 fully saturated rings. The first-order chi connectivity index (χ1) is 6.11. The van der Waals surface area contributed by atoms with E-state index in [0.29, 0.717) is 0 Å². The van der Waals surface area contributed by atoms with Crippen molar-refractivity contribution in [2.45, 2.75) is 25.9 Å². The van der Waals surface area contributed by atoms with Gasteiger partial charge in [0.2, 0.25) is 11.0 Å². The molecule has 0 aromatic rings. The summed E-state index contributed by atoms with van der Waals surface area (Å²) < 4.78 is 45.8. The lowest BCUT2D eigenvalue weighted by Crippen LogP contribution is -2.17. The van der Waals surface area contributed by atoms with Gasteiger partial charge < -0.3 is 4.89 Å². The first-order valence-electron chi connectivity index (χ1n) is 3.57. The van der Waals surface area contributed by atoms with Crippen molar-refractivity contribution < 1.29 is 32.2 Å². The smallest absolute Gasteiger partial charge is 0.334 e. The van der Waals surface area contributed by atoms with Crippen molar-refractivity contribution in [3.05, 3.63) is 0 Å². The number of halogens is 3. The Balaban J connectivity index is 4.70. The van der Waals surface area contributed by atoms with E-state index in [0.717, 1.165) is 0 Å². The molecule has 82 valence electrons. The highest BCUT2D eigenvalue weighted by atomic mass is 31.2. The van der Waals surface area contributed by atoms with Gasteiger partial charge in [-0.1, -0.05) is 6.92 Å². The van der Waals surface area contributed by atoms with Gasteiger partial charge in [-0.25, -0.2) is 0 Å². The lowest BCUT2D eigenvalue weighted by molar-refractivity contribution is -0.147. The summed E-state index contributed by atoms with van der Waals surface area (Å²) in [4.78, 5) is 30.1. The van der Waals surface area contributed by atoms with Crippen molar-refractivity contribution in [1.29, 1.82) is 0 Å². The third kappa shape index (κ3) is 3.59. The van der Waals surface area contributed by atoms with Gasteiger partial charge in [0.05, 0.1) is 0 Å². The summed E-state index contributed by atoms with van der Waals surface area (Å²) in [6.07, 6.45) is -7.37. The summed E-state index contributed by atoms with van der Waals surface area (Å²) in [6.45, 7) is 1.19. The standard InChI is InChI=1S/C6H8F3O4P/c1-2-4(10)14(12,13)5(11)3-6(7,8)9/h2-3H2,1H3,(H,12,13). The molecule has 0 saturated carbocycles. The Labute approximate surface area is 77.6 Å². The quantitative estimate of drug-likeness (QED) is 0.748. The Morgan fingerprint density at radius 3 is 2.00 bits per heavy atom. The number of hydrogen-bond donors (Lipinski definition) is 1. The van der Waals surface area contributed by atoms with E-state index in [2.05, 4.69) is 0 Å². The molecular weight excluding hydrogens is 224 g/mol. The molecule has 0 aromatic heterocycles. The number of hydrogen-bond acceptors (Lipinski definition) is 3. The van der Waals surface area contributed by atoms with Crippen molar-refractivity contribution in [3.63, 3.8) is 0 Å². The van der Waals surface area contributed by atoms with E-state index in [1.807, 2.05) is 0 Å². The maximum absolute atomic E-state index is 11.6. The van der Waals surface area contributed by atoms with Crippen LogP contribution in [0, 0.1) is 0 Å². The molecule has 0 saturated heterocycles. The summed E-state index contributed by atoms with van der Waals surface area (Å²) in [5.41, 5.74) is -3.32. The Bertz CT molecular complexity index is 296. The first-order valence-corrected chi connectivity index (χ1v) is 5.23. The zero-order valence-corrected chi connectivity index (χ0v) is 8.06. The molecule has 0 aliphatic carbocycles. The van der Waals surface area contributed by atoms with Gasteiger partial charge in [-0.15, -0.1) is 0 Å². The van der Waals surface area contributed by atoms with Crippen LogP contribution in [0.2, 0.25) is 0 Å². The van der Waals surface area contributed by atoms with Crippen LogP contribution in [-0.2, 0) is 14.2 Å². The van der Waals surface area contributed by atoms with Crippen molar-refractivity contribution in [1.82, 2.24) is 0 Å². The number of rotatable bonds is 4. The molecule has 1 unspecified atom stereocenters. The van der Waals surface area contributed by atoms with E-state index >= 15 is 0 Å². The molecule has 0 heterocycles. The van der Waals surface area contributed by atoms with Crippen LogP contribution in [0.3, 0.4) is 0 Å². The van der Waals surface area contributed by atoms with E-state index in [1.165, 1.54) is 6.92 Å². The Morgan fingerprint density at radius 2 is 1.71 bits per heavy atom. The Morgan fingerprint density at radius 1 is 1.29 bits per heavy atom. The molecule has 0 bridgehead atoms. The van der Waals surface area contributed by atoms with Crippen LogP contribution >= 0.6 is 7.37 Å². The molecule has 0 aliphatic heterocycles. The summed E-state index contributed by atoms with van der Waals surface area (Å²) in [5, 5.41) is 0. The van der Waals surface area contributed by atoms with Gasteiger partial charge in [0.15, 0.2) is 0 Å². The SMILES string of the molecule is CCC(=O)P(=O)(O)C(=O)CC(F)(F)F. The highest BCUT2D eigenvalue weighted by molar-refractivity contribution is 7.89. The van der Waals surface area contributed by atoms with E-state index in [9.17, 15) is 27.3 Å². The number of carbonyl (C=O) groups is 2. The highest BCUT2D eigenvalue weighted by Gasteiger charge is 2.43. The van der Waals surface area contributed by atoms with Gasteiger partial charge in [-0.3, -0.25) is 14.2 Å². The average Bonchev–Trinajstić information content (AvgIpc) is 1.99. The van der Waals surface area contributed by atoms with E-state index in [4.69, 9.17) is 4.89 Å². The van der Waals surface area contributed by atoms with Crippen molar-refractivity contribution in [3.8, 4) is 0 Å². The van der Waals surface area contributed by atoms with E-state index in [1.54, 1.807) is 0 Å². The van der Waals surface area contributed by atoms with Gasteiger partial charge in [-0.05, 0) is 0 Å². The third-order valence-corrected chi connectivity index (χ3v) is 3.16. The van der Waals surface area contributed by atoms with Gasteiger partial charge in [0.1, 0.15) is 6.42 Å². The van der Waals surface area contributed by atoms with Crippen LogP contribution in [0.4, 0.5) is 13.2 Å². The maximum atomic E-state index is 11.6. The summed E-state index contributed by atoms with van der Waals surface area (Å²) in [7, 11) is -4.97. The molecule has 14 heavy (non-hydrogen) atoms. The van der Waals surface area contributed by atoms with Gasteiger partial charge >= 0.3 is 13.5 Å². The molecule has 0 radical (unpaired) electrons. The van der Waals surface area contributed by atoms with Gasteiger partial charge in [0, 0.05) is 6.42 Å². The molecule has 0 spiro atoms. The molecule has 8 heteroatoms. The highest BCUT2D eigenvalue weighted by Crippen LogP contribution is 2.46. The molecule has 1 N–H and O–H groups in total. The van der Waals surface area contributed by atoms with Crippen molar-refractivity contribution >= 4 is 18.4 Å². The van der Waals surface area contributed by atoms with Crippen LogP contribution in [-0.4, -0.2) is 22.1 Å². The fourth-order valence-corrected chi connectivity index (χ4v) is 1.73. The average molecular weight is 232 g/mol. The summed E-state index contributed by atoms with van der Waals surface area (Å²) in [6, 6.07) is 0. The predicted octanol–water partition coefficient (Wildman–Crippen LogP) is 1.67. The minimum absolute atomic E-state index is 0.447. The zero-order valence-electron chi connectivity index (χ0n) is 7.17. The van der Waals surface area contributed by atoms with Crippen molar-refractivity contribution in [2.24, 2.45) is 0 Å². The normalized spacial score (nSPS) is 16.1. The van der Waals surface area contributed by atoms with E-state index < -0.39 is 37.4 Å². The van der Waals surface area contributed by atoms with Crippen LogP contribution in [0.15, 0.2) is 0 Å².